The van der Waals surface area contributed by atoms with E-state index in [9.17, 15) is 0 Å². The maximum atomic E-state index is 8.94. The molecule has 0 amide bonds. The minimum Gasteiger partial charge on any atom is -0.393 e. The van der Waals surface area contributed by atoms with Gasteiger partial charge in [0.15, 0.2) is 0 Å². The van der Waals surface area contributed by atoms with E-state index in [1.807, 2.05) is 6.92 Å². The maximum absolute atomic E-state index is 8.94. The van der Waals surface area contributed by atoms with E-state index < -0.39 is 0 Å². The molecule has 0 aliphatic rings. The molecule has 0 saturated heterocycles. The molecule has 0 aliphatic carbocycles. The number of unbranched alkanes of at least 4 members (excludes halogenated alkanes) is 2. The van der Waals surface area contributed by atoms with Crippen LogP contribution in [0.2, 0.25) is 0 Å². The molecule has 0 fully saturated rings. The van der Waals surface area contributed by atoms with E-state index in [-0.39, 0.29) is 6.10 Å². The van der Waals surface area contributed by atoms with Gasteiger partial charge in [-0.05, 0) is 32.6 Å². The van der Waals surface area contributed by atoms with Gasteiger partial charge < -0.3 is 5.11 Å². The second-order valence-corrected chi connectivity index (χ2v) is 3.01. The van der Waals surface area contributed by atoms with Gasteiger partial charge in [0.25, 0.3) is 0 Å². The molecule has 66 valence electrons. The Labute approximate surface area is 70.1 Å². The zero-order valence-electron chi connectivity index (χ0n) is 7.71. The lowest BCUT2D eigenvalue weighted by Gasteiger charge is -2.00. The van der Waals surface area contributed by atoms with Gasteiger partial charge in [-0.1, -0.05) is 25.5 Å². The molecule has 0 radical (unpaired) electrons. The van der Waals surface area contributed by atoms with Gasteiger partial charge in [0.1, 0.15) is 0 Å². The van der Waals surface area contributed by atoms with Gasteiger partial charge in [-0.2, -0.15) is 0 Å². The molecule has 1 nitrogen and oxygen atoms in total. The third kappa shape index (κ3) is 9.70. The summed E-state index contributed by atoms with van der Waals surface area (Å²) in [6.45, 7) is 3.99. The van der Waals surface area contributed by atoms with Crippen LogP contribution in [0.3, 0.4) is 0 Å². The molecule has 0 saturated carbocycles. The summed E-state index contributed by atoms with van der Waals surface area (Å²) in [4.78, 5) is 0. The van der Waals surface area contributed by atoms with Crippen molar-refractivity contribution in [2.75, 3.05) is 0 Å². The molecular formula is C10H20O. The quantitative estimate of drug-likeness (QED) is 0.463. The van der Waals surface area contributed by atoms with E-state index in [4.69, 9.17) is 5.11 Å². The topological polar surface area (TPSA) is 20.2 Å². The molecule has 1 N–H and O–H groups in total. The Morgan fingerprint density at radius 1 is 1.27 bits per heavy atom. The summed E-state index contributed by atoms with van der Waals surface area (Å²) in [5.74, 6) is 0. The minimum atomic E-state index is -0.120. The zero-order valence-corrected chi connectivity index (χ0v) is 7.71. The normalized spacial score (nSPS) is 14.1. The summed E-state index contributed by atoms with van der Waals surface area (Å²) in [6, 6.07) is 0. The van der Waals surface area contributed by atoms with E-state index in [0.29, 0.717) is 0 Å². The summed E-state index contributed by atoms with van der Waals surface area (Å²) in [7, 11) is 0. The van der Waals surface area contributed by atoms with Crippen molar-refractivity contribution in [3.8, 4) is 0 Å². The van der Waals surface area contributed by atoms with Crippen molar-refractivity contribution in [1.29, 1.82) is 0 Å². The first-order valence-corrected chi connectivity index (χ1v) is 4.60. The number of aliphatic hydroxyl groups is 1. The molecule has 0 heterocycles. The molecular weight excluding hydrogens is 136 g/mol. The smallest absolute Gasteiger partial charge is 0.0512 e. The van der Waals surface area contributed by atoms with E-state index in [1.54, 1.807) is 0 Å². The average molecular weight is 156 g/mol. The average Bonchev–Trinajstić information content (AvgIpc) is 1.96. The van der Waals surface area contributed by atoms with Gasteiger partial charge >= 0.3 is 0 Å². The lowest BCUT2D eigenvalue weighted by Crippen LogP contribution is -1.97. The Morgan fingerprint density at radius 3 is 2.55 bits per heavy atom. The monoisotopic (exact) mass is 156 g/mol. The third-order valence-electron chi connectivity index (χ3n) is 1.65. The second-order valence-electron chi connectivity index (χ2n) is 3.01. The van der Waals surface area contributed by atoms with Crippen molar-refractivity contribution in [2.45, 2.75) is 52.1 Å². The number of hydrogen-bond donors (Lipinski definition) is 1. The fraction of sp³-hybridized carbons (Fsp3) is 0.800. The van der Waals surface area contributed by atoms with Crippen molar-refractivity contribution < 1.29 is 5.11 Å². The minimum absolute atomic E-state index is 0.120. The molecule has 1 unspecified atom stereocenters. The van der Waals surface area contributed by atoms with E-state index in [0.717, 1.165) is 19.3 Å². The molecule has 0 rings (SSSR count). The van der Waals surface area contributed by atoms with Gasteiger partial charge in [0.2, 0.25) is 0 Å². The molecule has 0 bridgehead atoms. The highest BCUT2D eigenvalue weighted by molar-refractivity contribution is 4.79. The molecule has 1 atom stereocenters. The summed E-state index contributed by atoms with van der Waals surface area (Å²) >= 11 is 0. The SMILES string of the molecule is CCC=CCCCCC(C)O. The highest BCUT2D eigenvalue weighted by Gasteiger charge is 1.92. The standard InChI is InChI=1S/C10H20O/c1-3-4-5-6-7-8-9-10(2)11/h4-5,10-11H,3,6-9H2,1-2H3. The number of aliphatic hydroxyl groups excluding tert-OH is 1. The predicted octanol–water partition coefficient (Wildman–Crippen LogP) is 2.89. The van der Waals surface area contributed by atoms with Crippen LogP contribution in [0.1, 0.15) is 46.0 Å². The molecule has 0 aliphatic heterocycles. The van der Waals surface area contributed by atoms with Gasteiger partial charge in [-0.25, -0.2) is 0 Å². The Morgan fingerprint density at radius 2 is 2.00 bits per heavy atom. The lowest BCUT2D eigenvalue weighted by atomic mass is 10.1. The molecule has 1 heteroatoms. The van der Waals surface area contributed by atoms with Crippen molar-refractivity contribution >= 4 is 0 Å². The van der Waals surface area contributed by atoms with Gasteiger partial charge in [-0.3, -0.25) is 0 Å². The summed E-state index contributed by atoms with van der Waals surface area (Å²) < 4.78 is 0. The predicted molar refractivity (Wildman–Crippen MR) is 49.6 cm³/mol. The molecule has 0 aromatic rings. The fourth-order valence-electron chi connectivity index (χ4n) is 0.986. The Bertz CT molecular complexity index is 95.0. The molecule has 0 spiro atoms. The van der Waals surface area contributed by atoms with E-state index in [1.165, 1.54) is 12.8 Å². The summed E-state index contributed by atoms with van der Waals surface area (Å²) in [5, 5.41) is 8.94. The Balaban J connectivity index is 2.96. The van der Waals surface area contributed by atoms with Crippen LogP contribution in [0.25, 0.3) is 0 Å². The van der Waals surface area contributed by atoms with Crippen molar-refractivity contribution in [2.24, 2.45) is 0 Å². The van der Waals surface area contributed by atoms with Crippen LogP contribution in [0, 0.1) is 0 Å². The summed E-state index contributed by atoms with van der Waals surface area (Å²) in [6.07, 6.45) is 9.90. The fourth-order valence-corrected chi connectivity index (χ4v) is 0.986. The van der Waals surface area contributed by atoms with Crippen molar-refractivity contribution in [3.05, 3.63) is 12.2 Å². The number of hydrogen-bond acceptors (Lipinski definition) is 1. The Hall–Kier alpha value is -0.300. The number of allylic oxidation sites excluding steroid dienone is 2. The largest absolute Gasteiger partial charge is 0.393 e. The molecule has 0 aromatic carbocycles. The molecule has 0 aromatic heterocycles. The van der Waals surface area contributed by atoms with Crippen LogP contribution in [-0.4, -0.2) is 11.2 Å². The van der Waals surface area contributed by atoms with Crippen LogP contribution in [0.4, 0.5) is 0 Å². The molecule has 11 heavy (non-hydrogen) atoms. The maximum Gasteiger partial charge on any atom is 0.0512 e. The first-order chi connectivity index (χ1) is 5.27. The zero-order chi connectivity index (χ0) is 8.53. The Kier molecular flexibility index (Phi) is 7.59. The first-order valence-electron chi connectivity index (χ1n) is 4.60. The van der Waals surface area contributed by atoms with Gasteiger partial charge in [0.05, 0.1) is 6.10 Å². The van der Waals surface area contributed by atoms with Gasteiger partial charge in [-0.15, -0.1) is 0 Å². The third-order valence-corrected chi connectivity index (χ3v) is 1.65. The van der Waals surface area contributed by atoms with Crippen LogP contribution in [0.15, 0.2) is 12.2 Å². The number of rotatable bonds is 6. The lowest BCUT2D eigenvalue weighted by molar-refractivity contribution is 0.181. The van der Waals surface area contributed by atoms with Crippen molar-refractivity contribution in [3.63, 3.8) is 0 Å². The van der Waals surface area contributed by atoms with Crippen molar-refractivity contribution in [1.82, 2.24) is 0 Å². The highest BCUT2D eigenvalue weighted by Crippen LogP contribution is 2.03. The van der Waals surface area contributed by atoms with E-state index >= 15 is 0 Å². The first kappa shape index (κ1) is 10.7. The van der Waals surface area contributed by atoms with Gasteiger partial charge in [0, 0.05) is 0 Å². The highest BCUT2D eigenvalue weighted by atomic mass is 16.3. The summed E-state index contributed by atoms with van der Waals surface area (Å²) in [5.41, 5.74) is 0. The van der Waals surface area contributed by atoms with Crippen LogP contribution >= 0.6 is 0 Å². The van der Waals surface area contributed by atoms with Crippen LogP contribution in [0.5, 0.6) is 0 Å². The van der Waals surface area contributed by atoms with Crippen LogP contribution < -0.4 is 0 Å². The van der Waals surface area contributed by atoms with Crippen LogP contribution in [-0.2, 0) is 0 Å². The second kappa shape index (κ2) is 7.80. The van der Waals surface area contributed by atoms with E-state index in [2.05, 4.69) is 19.1 Å².